The third-order valence-electron chi connectivity index (χ3n) is 3.97. The van der Waals surface area contributed by atoms with Gasteiger partial charge in [-0.1, -0.05) is 19.9 Å². The Bertz CT molecular complexity index is 725. The zero-order valence-electron chi connectivity index (χ0n) is 16.0. The molecule has 2 N–H and O–H groups in total. The van der Waals surface area contributed by atoms with E-state index < -0.39 is 12.0 Å². The van der Waals surface area contributed by atoms with Gasteiger partial charge in [0.05, 0.1) is 31.9 Å². The van der Waals surface area contributed by atoms with Crippen LogP contribution in [-0.4, -0.2) is 32.3 Å². The van der Waals surface area contributed by atoms with E-state index in [2.05, 4.69) is 10.6 Å². The second kappa shape index (κ2) is 8.12. The number of urea groups is 1. The predicted octanol–water partition coefficient (Wildman–Crippen LogP) is 2.92. The number of carbonyl (C=O) groups excluding carboxylic acids is 2. The lowest BCUT2D eigenvalue weighted by atomic mass is 9.91. The number of methoxy groups -OCH3 is 2. The number of hydrogen-bond donors (Lipinski definition) is 2. The van der Waals surface area contributed by atoms with E-state index in [0.717, 1.165) is 0 Å². The average molecular weight is 362 g/mol. The second-order valence-electron chi connectivity index (χ2n) is 6.58. The van der Waals surface area contributed by atoms with Gasteiger partial charge in [0, 0.05) is 5.70 Å². The van der Waals surface area contributed by atoms with Crippen LogP contribution in [0.5, 0.6) is 11.5 Å². The lowest BCUT2D eigenvalue weighted by molar-refractivity contribution is -0.136. The maximum Gasteiger partial charge on any atom is 0.337 e. The summed E-state index contributed by atoms with van der Waals surface area (Å²) in [7, 11) is 2.88. The number of allylic oxidation sites excluding steroid dienone is 1. The van der Waals surface area contributed by atoms with E-state index in [1.165, 1.54) is 7.11 Å². The molecule has 7 nitrogen and oxygen atoms in total. The molecule has 0 radical (unpaired) electrons. The third kappa shape index (κ3) is 4.09. The molecular weight excluding hydrogens is 336 g/mol. The minimum Gasteiger partial charge on any atom is -0.493 e. The first kappa shape index (κ1) is 19.6. The average Bonchev–Trinajstić information content (AvgIpc) is 2.59. The molecule has 2 amide bonds. The van der Waals surface area contributed by atoms with Crippen molar-refractivity contribution in [3.05, 3.63) is 35.0 Å². The Labute approximate surface area is 153 Å². The monoisotopic (exact) mass is 362 g/mol. The molecule has 1 aliphatic rings. The molecule has 1 aromatic rings. The Kier molecular flexibility index (Phi) is 6.13. The van der Waals surface area contributed by atoms with Crippen molar-refractivity contribution in [2.24, 2.45) is 5.92 Å². The largest absolute Gasteiger partial charge is 0.493 e. The van der Waals surface area contributed by atoms with Crippen LogP contribution in [0.1, 0.15) is 39.3 Å². The van der Waals surface area contributed by atoms with Crippen molar-refractivity contribution < 1.29 is 23.8 Å². The molecule has 1 heterocycles. The molecule has 0 aliphatic carbocycles. The van der Waals surface area contributed by atoms with Crippen LogP contribution >= 0.6 is 0 Å². The summed E-state index contributed by atoms with van der Waals surface area (Å²) < 4.78 is 16.1. The van der Waals surface area contributed by atoms with Crippen LogP contribution in [0.4, 0.5) is 4.79 Å². The molecule has 0 bridgehead atoms. The molecule has 0 aromatic heterocycles. The minimum absolute atomic E-state index is 0.0522. The fourth-order valence-corrected chi connectivity index (χ4v) is 2.85. The first-order valence-electron chi connectivity index (χ1n) is 8.52. The van der Waals surface area contributed by atoms with E-state index >= 15 is 0 Å². The molecule has 1 unspecified atom stereocenters. The van der Waals surface area contributed by atoms with Gasteiger partial charge in [0.15, 0.2) is 11.5 Å². The SMILES string of the molecule is COC(=O)C1=C(C(C)C)NC(=O)NC1c1ccc(OC)c(OC(C)C)c1. The van der Waals surface area contributed by atoms with E-state index in [9.17, 15) is 9.59 Å². The molecule has 0 spiro atoms. The van der Waals surface area contributed by atoms with Gasteiger partial charge >= 0.3 is 12.0 Å². The third-order valence-corrected chi connectivity index (χ3v) is 3.97. The zero-order chi connectivity index (χ0) is 19.4. The van der Waals surface area contributed by atoms with Gasteiger partial charge < -0.3 is 24.8 Å². The number of rotatable bonds is 6. The van der Waals surface area contributed by atoms with Gasteiger partial charge in [0.1, 0.15) is 0 Å². The zero-order valence-corrected chi connectivity index (χ0v) is 16.0. The summed E-state index contributed by atoms with van der Waals surface area (Å²) in [6.45, 7) is 7.63. The molecular formula is C19H26N2O5. The van der Waals surface area contributed by atoms with Crippen molar-refractivity contribution in [2.75, 3.05) is 14.2 Å². The van der Waals surface area contributed by atoms with E-state index in [1.54, 1.807) is 25.3 Å². The van der Waals surface area contributed by atoms with Gasteiger partial charge in [0.25, 0.3) is 0 Å². The Hall–Kier alpha value is -2.70. The molecule has 7 heteroatoms. The van der Waals surface area contributed by atoms with Crippen LogP contribution < -0.4 is 20.1 Å². The minimum atomic E-state index is -0.644. The lowest BCUT2D eigenvalue weighted by Gasteiger charge is -2.31. The van der Waals surface area contributed by atoms with Gasteiger partial charge in [-0.3, -0.25) is 0 Å². The molecule has 26 heavy (non-hydrogen) atoms. The number of carbonyl (C=O) groups is 2. The number of amides is 2. The highest BCUT2D eigenvalue weighted by molar-refractivity contribution is 5.95. The van der Waals surface area contributed by atoms with Gasteiger partial charge in [-0.2, -0.15) is 0 Å². The highest BCUT2D eigenvalue weighted by atomic mass is 16.5. The van der Waals surface area contributed by atoms with Crippen molar-refractivity contribution in [3.8, 4) is 11.5 Å². The summed E-state index contributed by atoms with van der Waals surface area (Å²) in [6.07, 6.45) is -0.0522. The maximum absolute atomic E-state index is 12.4. The van der Waals surface area contributed by atoms with Crippen LogP contribution in [0, 0.1) is 5.92 Å². The number of ether oxygens (including phenoxy) is 3. The Morgan fingerprint density at radius 1 is 1.12 bits per heavy atom. The highest BCUT2D eigenvalue weighted by Crippen LogP contribution is 2.36. The standard InChI is InChI=1S/C19H26N2O5/c1-10(2)16-15(18(22)25-6)17(21-19(23)20-16)12-7-8-13(24-5)14(9-12)26-11(3)4/h7-11,17H,1-6H3,(H2,20,21,23). The van der Waals surface area contributed by atoms with Crippen molar-refractivity contribution >= 4 is 12.0 Å². The molecule has 142 valence electrons. The lowest BCUT2D eigenvalue weighted by Crippen LogP contribution is -2.47. The van der Waals surface area contributed by atoms with Crippen molar-refractivity contribution in [1.82, 2.24) is 10.6 Å². The summed E-state index contributed by atoms with van der Waals surface area (Å²) in [5, 5.41) is 5.52. The van der Waals surface area contributed by atoms with Gasteiger partial charge in [-0.15, -0.1) is 0 Å². The number of benzene rings is 1. The smallest absolute Gasteiger partial charge is 0.337 e. The first-order valence-corrected chi connectivity index (χ1v) is 8.52. The fourth-order valence-electron chi connectivity index (χ4n) is 2.85. The Balaban J connectivity index is 2.58. The number of hydrogen-bond acceptors (Lipinski definition) is 5. The van der Waals surface area contributed by atoms with E-state index in [0.29, 0.717) is 28.3 Å². The van der Waals surface area contributed by atoms with E-state index in [1.807, 2.05) is 27.7 Å². The van der Waals surface area contributed by atoms with Crippen molar-refractivity contribution in [2.45, 2.75) is 39.8 Å². The topological polar surface area (TPSA) is 85.9 Å². The van der Waals surface area contributed by atoms with Gasteiger partial charge in [-0.25, -0.2) is 9.59 Å². The summed E-state index contributed by atoms with van der Waals surface area (Å²) in [5.74, 6) is 0.578. The predicted molar refractivity (Wildman–Crippen MR) is 97.0 cm³/mol. The molecule has 1 aliphatic heterocycles. The van der Waals surface area contributed by atoms with E-state index in [-0.39, 0.29) is 18.1 Å². The van der Waals surface area contributed by atoms with Crippen LogP contribution in [0.3, 0.4) is 0 Å². The molecule has 1 atom stereocenters. The molecule has 1 aromatic carbocycles. The van der Waals surface area contributed by atoms with Crippen LogP contribution in [0.25, 0.3) is 0 Å². The normalized spacial score (nSPS) is 17.1. The Morgan fingerprint density at radius 2 is 1.81 bits per heavy atom. The molecule has 0 fully saturated rings. The van der Waals surface area contributed by atoms with Gasteiger partial charge in [-0.05, 0) is 37.5 Å². The van der Waals surface area contributed by atoms with Crippen LogP contribution in [0.15, 0.2) is 29.5 Å². The number of esters is 1. The maximum atomic E-state index is 12.4. The van der Waals surface area contributed by atoms with Gasteiger partial charge in [0.2, 0.25) is 0 Å². The highest BCUT2D eigenvalue weighted by Gasteiger charge is 2.34. The molecule has 2 rings (SSSR count). The fraction of sp³-hybridized carbons (Fsp3) is 0.474. The van der Waals surface area contributed by atoms with Crippen molar-refractivity contribution in [1.29, 1.82) is 0 Å². The molecule has 0 saturated carbocycles. The first-order chi connectivity index (χ1) is 12.3. The summed E-state index contributed by atoms with van der Waals surface area (Å²) >= 11 is 0. The second-order valence-corrected chi connectivity index (χ2v) is 6.58. The summed E-state index contributed by atoms with van der Waals surface area (Å²) in [5.41, 5.74) is 1.63. The summed E-state index contributed by atoms with van der Waals surface area (Å²) in [6, 6.07) is 4.31. The van der Waals surface area contributed by atoms with E-state index in [4.69, 9.17) is 14.2 Å². The van der Waals surface area contributed by atoms with Crippen LogP contribution in [0.2, 0.25) is 0 Å². The van der Waals surface area contributed by atoms with Crippen molar-refractivity contribution in [3.63, 3.8) is 0 Å². The number of nitrogens with one attached hydrogen (secondary N) is 2. The van der Waals surface area contributed by atoms with Crippen LogP contribution in [-0.2, 0) is 9.53 Å². The molecule has 0 saturated heterocycles. The summed E-state index contributed by atoms with van der Waals surface area (Å²) in [4.78, 5) is 24.6. The quantitative estimate of drug-likeness (QED) is 0.760. The Morgan fingerprint density at radius 3 is 2.35 bits per heavy atom.